The Labute approximate surface area is 118 Å². The van der Waals surface area contributed by atoms with Gasteiger partial charge in [-0.2, -0.15) is 5.10 Å². The lowest BCUT2D eigenvalue weighted by Gasteiger charge is -2.17. The summed E-state index contributed by atoms with van der Waals surface area (Å²) in [6.07, 6.45) is 5.20. The summed E-state index contributed by atoms with van der Waals surface area (Å²) in [6, 6.07) is 9.94. The van der Waals surface area contributed by atoms with Crippen LogP contribution in [0.2, 0.25) is 0 Å². The highest BCUT2D eigenvalue weighted by Crippen LogP contribution is 2.26. The number of fused-ring (bicyclic) bond motifs is 1. The van der Waals surface area contributed by atoms with Crippen molar-refractivity contribution in [1.82, 2.24) is 14.7 Å². The van der Waals surface area contributed by atoms with Crippen molar-refractivity contribution in [2.24, 2.45) is 0 Å². The molecule has 0 fully saturated rings. The smallest absolute Gasteiger partial charge is 0.193 e. The van der Waals surface area contributed by atoms with Crippen LogP contribution < -0.4 is 0 Å². The van der Waals surface area contributed by atoms with Gasteiger partial charge in [-0.25, -0.2) is 4.68 Å². The second kappa shape index (κ2) is 4.96. The van der Waals surface area contributed by atoms with E-state index in [9.17, 15) is 4.79 Å². The van der Waals surface area contributed by atoms with Crippen molar-refractivity contribution in [3.63, 3.8) is 0 Å². The van der Waals surface area contributed by atoms with Crippen LogP contribution in [0.3, 0.4) is 0 Å². The Bertz CT molecular complexity index is 668. The van der Waals surface area contributed by atoms with Crippen molar-refractivity contribution < 1.29 is 4.79 Å². The average molecular weight is 267 g/mol. The zero-order valence-electron chi connectivity index (χ0n) is 11.7. The zero-order valence-corrected chi connectivity index (χ0v) is 11.7. The van der Waals surface area contributed by atoms with E-state index in [4.69, 9.17) is 0 Å². The van der Waals surface area contributed by atoms with Gasteiger partial charge < -0.3 is 4.90 Å². The third-order valence-electron chi connectivity index (χ3n) is 3.45. The minimum Gasteiger partial charge on any atom is -0.383 e. The van der Waals surface area contributed by atoms with Crippen molar-refractivity contribution >= 4 is 5.78 Å². The molecule has 1 aliphatic rings. The van der Waals surface area contributed by atoms with E-state index in [2.05, 4.69) is 5.10 Å². The molecule has 4 heteroatoms. The lowest BCUT2D eigenvalue weighted by atomic mass is 9.92. The fraction of sp³-hybridized carbons (Fsp3) is 0.250. The Morgan fingerprint density at radius 3 is 2.65 bits per heavy atom. The van der Waals surface area contributed by atoms with E-state index in [1.54, 1.807) is 6.20 Å². The molecule has 1 aromatic carbocycles. The summed E-state index contributed by atoms with van der Waals surface area (Å²) in [5.41, 5.74) is 3.60. The summed E-state index contributed by atoms with van der Waals surface area (Å²) in [4.78, 5) is 14.4. The molecule has 2 aromatic rings. The minimum absolute atomic E-state index is 0.0992. The van der Waals surface area contributed by atoms with Crippen molar-refractivity contribution in [2.45, 2.75) is 12.8 Å². The maximum atomic E-state index is 12.4. The molecule has 0 N–H and O–H groups in total. The number of rotatable bonds is 2. The van der Waals surface area contributed by atoms with Crippen LogP contribution in [0.25, 0.3) is 5.69 Å². The van der Waals surface area contributed by atoms with Crippen LogP contribution in [0.4, 0.5) is 0 Å². The molecule has 1 aliphatic carbocycles. The molecule has 0 bridgehead atoms. The van der Waals surface area contributed by atoms with E-state index in [1.807, 2.05) is 60.2 Å². The predicted molar refractivity (Wildman–Crippen MR) is 78.0 cm³/mol. The SMILES string of the molecule is CN(C)/C=C1/CCc2c(cnn2-c2ccccc2)C1=O. The molecule has 0 spiro atoms. The normalized spacial score (nSPS) is 16.3. The first-order chi connectivity index (χ1) is 9.66. The average Bonchev–Trinajstić information content (AvgIpc) is 2.87. The minimum atomic E-state index is 0.0992. The third kappa shape index (κ3) is 2.13. The lowest BCUT2D eigenvalue weighted by Crippen LogP contribution is -2.18. The molecule has 4 nitrogen and oxygen atoms in total. The summed E-state index contributed by atoms with van der Waals surface area (Å²) < 4.78 is 1.87. The molecule has 1 aromatic heterocycles. The zero-order chi connectivity index (χ0) is 14.1. The number of hydrogen-bond acceptors (Lipinski definition) is 3. The molecular weight excluding hydrogens is 250 g/mol. The van der Waals surface area contributed by atoms with Gasteiger partial charge >= 0.3 is 0 Å². The number of para-hydroxylation sites is 1. The van der Waals surface area contributed by atoms with Gasteiger partial charge in [0.2, 0.25) is 0 Å². The summed E-state index contributed by atoms with van der Waals surface area (Å²) in [5, 5.41) is 4.39. The molecule has 0 saturated carbocycles. The molecule has 0 aliphatic heterocycles. The molecule has 1 heterocycles. The van der Waals surface area contributed by atoms with Crippen LogP contribution in [-0.2, 0) is 6.42 Å². The number of nitrogens with zero attached hydrogens (tertiary/aromatic N) is 3. The molecular formula is C16H17N3O. The van der Waals surface area contributed by atoms with Crippen molar-refractivity contribution in [1.29, 1.82) is 0 Å². The molecule has 102 valence electrons. The fourth-order valence-electron chi connectivity index (χ4n) is 2.57. The number of benzene rings is 1. The number of allylic oxidation sites excluding steroid dienone is 1. The highest BCUT2D eigenvalue weighted by molar-refractivity contribution is 6.10. The summed E-state index contributed by atoms with van der Waals surface area (Å²) >= 11 is 0. The van der Waals surface area contributed by atoms with Gasteiger partial charge in [0.25, 0.3) is 0 Å². The highest BCUT2D eigenvalue weighted by atomic mass is 16.1. The van der Waals surface area contributed by atoms with Gasteiger partial charge in [0.1, 0.15) is 0 Å². The fourth-order valence-corrected chi connectivity index (χ4v) is 2.57. The number of hydrogen-bond donors (Lipinski definition) is 0. The molecule has 0 radical (unpaired) electrons. The molecule has 20 heavy (non-hydrogen) atoms. The second-order valence-corrected chi connectivity index (χ2v) is 5.20. The van der Waals surface area contributed by atoms with E-state index >= 15 is 0 Å². The van der Waals surface area contributed by atoms with Gasteiger partial charge in [-0.15, -0.1) is 0 Å². The Morgan fingerprint density at radius 2 is 1.95 bits per heavy atom. The van der Waals surface area contributed by atoms with Crippen LogP contribution in [0.1, 0.15) is 22.5 Å². The Balaban J connectivity index is 2.02. The van der Waals surface area contributed by atoms with E-state index in [0.29, 0.717) is 0 Å². The molecule has 3 rings (SSSR count). The number of aromatic nitrogens is 2. The standard InChI is InChI=1S/C16H17N3O/c1-18(2)11-12-8-9-15-14(16(12)20)10-17-19(15)13-6-4-3-5-7-13/h3-7,10-11H,8-9H2,1-2H3/b12-11-. The molecule has 0 unspecified atom stereocenters. The van der Waals surface area contributed by atoms with Crippen molar-refractivity contribution in [3.8, 4) is 5.69 Å². The summed E-state index contributed by atoms with van der Waals surface area (Å²) in [5.74, 6) is 0.0992. The Morgan fingerprint density at radius 1 is 1.20 bits per heavy atom. The van der Waals surface area contributed by atoms with E-state index in [1.165, 1.54) is 0 Å². The van der Waals surface area contributed by atoms with Gasteiger partial charge in [0.05, 0.1) is 23.1 Å². The third-order valence-corrected chi connectivity index (χ3v) is 3.45. The summed E-state index contributed by atoms with van der Waals surface area (Å²) in [6.45, 7) is 0. The monoisotopic (exact) mass is 267 g/mol. The molecule has 0 saturated heterocycles. The van der Waals surface area contributed by atoms with E-state index in [0.717, 1.165) is 35.4 Å². The van der Waals surface area contributed by atoms with Crippen LogP contribution in [0.15, 0.2) is 48.3 Å². The number of carbonyl (C=O) groups excluding carboxylic acids is 1. The maximum absolute atomic E-state index is 12.4. The Kier molecular flexibility index (Phi) is 3.14. The number of ketones is 1. The first-order valence-corrected chi connectivity index (χ1v) is 6.71. The van der Waals surface area contributed by atoms with Crippen LogP contribution in [-0.4, -0.2) is 34.6 Å². The van der Waals surface area contributed by atoms with E-state index in [-0.39, 0.29) is 5.78 Å². The largest absolute Gasteiger partial charge is 0.383 e. The van der Waals surface area contributed by atoms with Gasteiger partial charge in [0.15, 0.2) is 5.78 Å². The molecule has 0 amide bonds. The number of carbonyl (C=O) groups is 1. The summed E-state index contributed by atoms with van der Waals surface area (Å²) in [7, 11) is 3.87. The van der Waals surface area contributed by atoms with Crippen molar-refractivity contribution in [2.75, 3.05) is 14.1 Å². The lowest BCUT2D eigenvalue weighted by molar-refractivity contribution is 0.102. The van der Waals surface area contributed by atoms with Gasteiger partial charge in [-0.3, -0.25) is 4.79 Å². The Hall–Kier alpha value is -2.36. The second-order valence-electron chi connectivity index (χ2n) is 5.20. The number of Topliss-reactive ketones (excluding diaryl/α,β-unsaturated/α-hetero) is 1. The quantitative estimate of drug-likeness (QED) is 0.784. The highest BCUT2D eigenvalue weighted by Gasteiger charge is 2.26. The first-order valence-electron chi connectivity index (χ1n) is 6.71. The van der Waals surface area contributed by atoms with Crippen molar-refractivity contribution in [3.05, 3.63) is 59.6 Å². The van der Waals surface area contributed by atoms with Crippen LogP contribution >= 0.6 is 0 Å². The topological polar surface area (TPSA) is 38.1 Å². The van der Waals surface area contributed by atoms with Gasteiger partial charge in [-0.05, 0) is 25.0 Å². The van der Waals surface area contributed by atoms with Crippen LogP contribution in [0, 0.1) is 0 Å². The predicted octanol–water partition coefficient (Wildman–Crippen LogP) is 2.45. The first kappa shape index (κ1) is 12.7. The van der Waals surface area contributed by atoms with Crippen LogP contribution in [0.5, 0.6) is 0 Å². The molecule has 0 atom stereocenters. The van der Waals surface area contributed by atoms with Gasteiger partial charge in [-0.1, -0.05) is 18.2 Å². The maximum Gasteiger partial charge on any atom is 0.193 e. The van der Waals surface area contributed by atoms with Gasteiger partial charge in [0, 0.05) is 25.9 Å². The van der Waals surface area contributed by atoms with E-state index < -0.39 is 0 Å².